The van der Waals surface area contributed by atoms with Gasteiger partial charge in [-0.05, 0) is 36.0 Å². The number of aromatic amines is 1. The van der Waals surface area contributed by atoms with Gasteiger partial charge in [-0.25, -0.2) is 9.37 Å². The maximum Gasteiger partial charge on any atom is 0.271 e. The smallest absolute Gasteiger partial charge is 0.271 e. The zero-order valence-corrected chi connectivity index (χ0v) is 15.0. The van der Waals surface area contributed by atoms with E-state index in [0.29, 0.717) is 22.6 Å². The second-order valence-corrected chi connectivity index (χ2v) is 7.53. The first-order chi connectivity index (χ1) is 13.1. The molecule has 136 valence electrons. The van der Waals surface area contributed by atoms with Gasteiger partial charge in [-0.3, -0.25) is 14.0 Å². The lowest BCUT2D eigenvalue weighted by atomic mass is 10.1. The second kappa shape index (κ2) is 5.83. The zero-order chi connectivity index (χ0) is 18.7. The zero-order valence-electron chi connectivity index (χ0n) is 14.2. The van der Waals surface area contributed by atoms with Gasteiger partial charge in [0.05, 0.1) is 5.39 Å². The summed E-state index contributed by atoms with van der Waals surface area (Å²) in [5.74, 6) is -0.589. The van der Waals surface area contributed by atoms with Crippen LogP contribution >= 0.6 is 11.5 Å². The first-order valence-electron chi connectivity index (χ1n) is 8.64. The minimum Gasteiger partial charge on any atom is -0.326 e. The molecule has 0 aliphatic heterocycles. The molecular weight excluding hydrogens is 367 g/mol. The summed E-state index contributed by atoms with van der Waals surface area (Å²) in [6, 6.07) is 8.57. The lowest BCUT2D eigenvalue weighted by molar-refractivity contribution is 0.627. The van der Waals surface area contributed by atoms with Gasteiger partial charge in [0.25, 0.3) is 5.56 Å². The first-order valence-corrected chi connectivity index (χ1v) is 9.45. The monoisotopic (exact) mass is 382 g/mol. The van der Waals surface area contributed by atoms with Crippen LogP contribution in [0.3, 0.4) is 0 Å². The van der Waals surface area contributed by atoms with Crippen LogP contribution < -0.4 is 16.7 Å². The third-order valence-corrected chi connectivity index (χ3v) is 5.81. The summed E-state index contributed by atoms with van der Waals surface area (Å²) in [4.78, 5) is 30.0. The molecule has 3 N–H and O–H groups in total. The molecule has 27 heavy (non-hydrogen) atoms. The largest absolute Gasteiger partial charge is 0.326 e. The standard InChI is InChI=1S/C19H15FN4O2S/c20-13-7-12-16(25)14-18(26)23-27-19(14)24(11-5-6-11)17(12)22-15(13)10-3-1-9(8-21)2-4-10/h1-4,7,11H,5-6,8,21H2,(H,23,26). The van der Waals surface area contributed by atoms with Crippen molar-refractivity contribution < 1.29 is 4.39 Å². The minimum absolute atomic E-state index is 0.0839. The molecule has 6 nitrogen and oxygen atoms in total. The average molecular weight is 382 g/mol. The number of fused-ring (bicyclic) bond motifs is 2. The third kappa shape index (κ3) is 2.44. The lowest BCUT2D eigenvalue weighted by Crippen LogP contribution is -2.16. The van der Waals surface area contributed by atoms with E-state index in [9.17, 15) is 14.0 Å². The summed E-state index contributed by atoms with van der Waals surface area (Å²) in [7, 11) is 0. The van der Waals surface area contributed by atoms with Gasteiger partial charge in [0.15, 0.2) is 0 Å². The van der Waals surface area contributed by atoms with Crippen LogP contribution in [0.15, 0.2) is 39.9 Å². The molecule has 1 aromatic carbocycles. The summed E-state index contributed by atoms with van der Waals surface area (Å²) < 4.78 is 19.4. The van der Waals surface area contributed by atoms with E-state index in [4.69, 9.17) is 5.73 Å². The Labute approximate surface area is 156 Å². The van der Waals surface area contributed by atoms with E-state index < -0.39 is 16.8 Å². The summed E-state index contributed by atoms with van der Waals surface area (Å²) in [6.45, 7) is 0.402. The highest BCUT2D eigenvalue weighted by Crippen LogP contribution is 2.39. The van der Waals surface area contributed by atoms with Crippen molar-refractivity contribution in [2.45, 2.75) is 25.4 Å². The quantitative estimate of drug-likeness (QED) is 0.570. The fourth-order valence-electron chi connectivity index (χ4n) is 3.40. The predicted molar refractivity (Wildman–Crippen MR) is 104 cm³/mol. The Hall–Kier alpha value is -2.84. The molecular formula is C19H15FN4O2S. The fraction of sp³-hybridized carbons (Fsp3) is 0.211. The highest BCUT2D eigenvalue weighted by atomic mass is 32.1. The average Bonchev–Trinajstić information content (AvgIpc) is 3.44. The topological polar surface area (TPSA) is 93.8 Å². The molecule has 1 aliphatic rings. The van der Waals surface area contributed by atoms with Crippen LogP contribution in [0.4, 0.5) is 4.39 Å². The van der Waals surface area contributed by atoms with Gasteiger partial charge in [0.1, 0.15) is 27.4 Å². The van der Waals surface area contributed by atoms with Crippen LogP contribution in [0.2, 0.25) is 0 Å². The van der Waals surface area contributed by atoms with E-state index in [1.807, 2.05) is 16.7 Å². The molecule has 1 fully saturated rings. The van der Waals surface area contributed by atoms with Crippen molar-refractivity contribution in [3.05, 3.63) is 62.3 Å². The number of pyridine rings is 2. The Balaban J connectivity index is 1.86. The molecule has 5 rings (SSSR count). The van der Waals surface area contributed by atoms with Crippen LogP contribution in [0.5, 0.6) is 0 Å². The van der Waals surface area contributed by atoms with E-state index in [1.54, 1.807) is 12.1 Å². The van der Waals surface area contributed by atoms with Crippen molar-refractivity contribution >= 4 is 32.8 Å². The summed E-state index contributed by atoms with van der Waals surface area (Å²) >= 11 is 1.13. The number of rotatable bonds is 3. The Kier molecular flexibility index (Phi) is 3.53. The van der Waals surface area contributed by atoms with E-state index in [-0.39, 0.29) is 22.5 Å². The third-order valence-electron chi connectivity index (χ3n) is 4.93. The number of nitrogens with two attached hydrogens (primary N) is 1. The number of nitrogens with zero attached hydrogens (tertiary/aromatic N) is 2. The van der Waals surface area contributed by atoms with Crippen molar-refractivity contribution in [1.29, 1.82) is 0 Å². The Morgan fingerprint density at radius 3 is 2.67 bits per heavy atom. The van der Waals surface area contributed by atoms with Crippen molar-refractivity contribution in [2.24, 2.45) is 5.73 Å². The highest BCUT2D eigenvalue weighted by molar-refractivity contribution is 7.12. The molecule has 0 atom stereocenters. The molecule has 0 radical (unpaired) electrons. The fourth-order valence-corrected chi connectivity index (χ4v) is 4.31. The number of nitrogens with one attached hydrogen (secondary N) is 1. The molecule has 0 bridgehead atoms. The highest BCUT2D eigenvalue weighted by Gasteiger charge is 2.30. The Morgan fingerprint density at radius 2 is 2.00 bits per heavy atom. The number of aromatic nitrogens is 3. The molecule has 1 saturated carbocycles. The minimum atomic E-state index is -0.589. The van der Waals surface area contributed by atoms with Gasteiger partial charge in [-0.1, -0.05) is 24.3 Å². The van der Waals surface area contributed by atoms with Crippen LogP contribution in [-0.4, -0.2) is 13.9 Å². The second-order valence-electron chi connectivity index (χ2n) is 6.73. The summed E-state index contributed by atoms with van der Waals surface area (Å²) in [5, 5.41) is 0.221. The Bertz CT molecular complexity index is 1320. The van der Waals surface area contributed by atoms with Gasteiger partial charge in [-0.2, -0.15) is 0 Å². The van der Waals surface area contributed by atoms with Crippen LogP contribution in [-0.2, 0) is 6.54 Å². The maximum atomic E-state index is 14.8. The molecule has 8 heteroatoms. The van der Waals surface area contributed by atoms with Gasteiger partial charge in [-0.15, -0.1) is 0 Å². The van der Waals surface area contributed by atoms with Crippen molar-refractivity contribution in [1.82, 2.24) is 13.9 Å². The van der Waals surface area contributed by atoms with Crippen LogP contribution in [0, 0.1) is 5.82 Å². The predicted octanol–water partition coefficient (Wildman–Crippen LogP) is 2.90. The Morgan fingerprint density at radius 1 is 1.26 bits per heavy atom. The van der Waals surface area contributed by atoms with Crippen LogP contribution in [0.25, 0.3) is 32.5 Å². The molecule has 3 aromatic heterocycles. The van der Waals surface area contributed by atoms with Gasteiger partial charge in [0.2, 0.25) is 5.43 Å². The molecule has 4 aromatic rings. The molecule has 0 spiro atoms. The van der Waals surface area contributed by atoms with Crippen molar-refractivity contribution in [3.63, 3.8) is 0 Å². The number of benzene rings is 1. The van der Waals surface area contributed by atoms with Gasteiger partial charge in [0, 0.05) is 18.2 Å². The van der Waals surface area contributed by atoms with Crippen molar-refractivity contribution in [3.8, 4) is 11.3 Å². The van der Waals surface area contributed by atoms with Crippen LogP contribution in [0.1, 0.15) is 24.4 Å². The lowest BCUT2D eigenvalue weighted by Gasteiger charge is -2.12. The number of hydrogen-bond donors (Lipinski definition) is 2. The van der Waals surface area contributed by atoms with E-state index >= 15 is 0 Å². The van der Waals surface area contributed by atoms with E-state index in [0.717, 1.165) is 29.9 Å². The number of halogens is 1. The molecule has 0 amide bonds. The van der Waals surface area contributed by atoms with E-state index in [2.05, 4.69) is 9.36 Å². The molecule has 0 unspecified atom stereocenters. The van der Waals surface area contributed by atoms with Gasteiger partial charge >= 0.3 is 0 Å². The normalized spacial score (nSPS) is 14.3. The number of hydrogen-bond acceptors (Lipinski definition) is 5. The molecule has 1 aliphatic carbocycles. The molecule has 0 saturated heterocycles. The summed E-state index contributed by atoms with van der Waals surface area (Å²) in [5.41, 5.74) is 6.87. The van der Waals surface area contributed by atoms with E-state index in [1.165, 1.54) is 6.07 Å². The maximum absolute atomic E-state index is 14.8. The summed E-state index contributed by atoms with van der Waals surface area (Å²) in [6.07, 6.45) is 1.89. The number of H-pyrrole nitrogens is 1. The van der Waals surface area contributed by atoms with Gasteiger partial charge < -0.3 is 10.3 Å². The first kappa shape index (κ1) is 16.3. The SMILES string of the molecule is NCc1ccc(-c2nc3c(cc2F)c(=O)c2c(=O)[nH]sc2n3C2CC2)cc1. The van der Waals surface area contributed by atoms with Crippen molar-refractivity contribution in [2.75, 3.05) is 0 Å². The molecule has 3 heterocycles.